The van der Waals surface area contributed by atoms with Gasteiger partial charge in [-0.2, -0.15) is 0 Å². The Morgan fingerprint density at radius 2 is 2.31 bits per heavy atom. The summed E-state index contributed by atoms with van der Waals surface area (Å²) in [4.78, 5) is 4.47. The van der Waals surface area contributed by atoms with Crippen LogP contribution in [0.5, 0.6) is 0 Å². The number of halogens is 1. The average Bonchev–Trinajstić information content (AvgIpc) is 2.54. The molecule has 0 radical (unpaired) electrons. The monoisotopic (exact) mass is 235 g/mol. The van der Waals surface area contributed by atoms with E-state index in [1.165, 1.54) is 19.3 Å². The second kappa shape index (κ2) is 3.75. The quantitative estimate of drug-likeness (QED) is 0.870. The molecule has 0 aromatic carbocycles. The molecule has 3 rings (SSSR count). The lowest BCUT2D eigenvalue weighted by molar-refractivity contribution is 0.400. The molecular formula is C12H14ClN3. The first-order valence-corrected chi connectivity index (χ1v) is 6.04. The fourth-order valence-corrected chi connectivity index (χ4v) is 2.43. The minimum atomic E-state index is 0.538. The normalized spacial score (nSPS) is 16.6. The van der Waals surface area contributed by atoms with Crippen LogP contribution >= 0.6 is 11.6 Å². The van der Waals surface area contributed by atoms with Gasteiger partial charge in [0.15, 0.2) is 5.15 Å². The van der Waals surface area contributed by atoms with Crippen LogP contribution in [0.4, 0.5) is 0 Å². The predicted octanol–water partition coefficient (Wildman–Crippen LogP) is 2.71. The van der Waals surface area contributed by atoms with Gasteiger partial charge in [-0.05, 0) is 30.5 Å². The van der Waals surface area contributed by atoms with Crippen molar-refractivity contribution in [2.24, 2.45) is 5.73 Å². The molecule has 84 valence electrons. The van der Waals surface area contributed by atoms with Crippen LogP contribution in [0.25, 0.3) is 5.52 Å². The molecule has 0 amide bonds. The Hall–Kier alpha value is -1.06. The van der Waals surface area contributed by atoms with E-state index >= 15 is 0 Å². The highest BCUT2D eigenvalue weighted by atomic mass is 35.5. The third kappa shape index (κ3) is 1.43. The minimum Gasteiger partial charge on any atom is -0.326 e. The minimum absolute atomic E-state index is 0.538. The van der Waals surface area contributed by atoms with Crippen molar-refractivity contribution in [2.75, 3.05) is 0 Å². The van der Waals surface area contributed by atoms with E-state index in [9.17, 15) is 0 Å². The predicted molar refractivity (Wildman–Crippen MR) is 64.7 cm³/mol. The summed E-state index contributed by atoms with van der Waals surface area (Å²) in [5, 5.41) is 0.595. The molecule has 0 aliphatic heterocycles. The van der Waals surface area contributed by atoms with Crippen molar-refractivity contribution in [1.82, 2.24) is 9.38 Å². The van der Waals surface area contributed by atoms with Crippen LogP contribution in [-0.4, -0.2) is 9.38 Å². The lowest BCUT2D eigenvalue weighted by Gasteiger charge is -2.23. The van der Waals surface area contributed by atoms with Gasteiger partial charge in [0.2, 0.25) is 0 Å². The van der Waals surface area contributed by atoms with Crippen molar-refractivity contribution in [3.63, 3.8) is 0 Å². The molecule has 2 heterocycles. The summed E-state index contributed by atoms with van der Waals surface area (Å²) < 4.78 is 2.10. The third-order valence-electron chi connectivity index (χ3n) is 3.40. The fraction of sp³-hybridized carbons (Fsp3) is 0.417. The molecule has 16 heavy (non-hydrogen) atoms. The average molecular weight is 236 g/mol. The number of pyridine rings is 1. The maximum Gasteiger partial charge on any atom is 0.155 e. The van der Waals surface area contributed by atoms with E-state index in [1.54, 1.807) is 0 Å². The van der Waals surface area contributed by atoms with Gasteiger partial charge in [-0.15, -0.1) is 0 Å². The van der Waals surface area contributed by atoms with Gasteiger partial charge in [0.05, 0.1) is 5.52 Å². The lowest BCUT2D eigenvalue weighted by atomic mass is 9.85. The molecule has 1 fully saturated rings. The first kappa shape index (κ1) is 10.1. The van der Waals surface area contributed by atoms with Crippen LogP contribution in [0.15, 0.2) is 18.3 Å². The van der Waals surface area contributed by atoms with Crippen molar-refractivity contribution in [1.29, 1.82) is 0 Å². The largest absolute Gasteiger partial charge is 0.326 e. The summed E-state index contributed by atoms with van der Waals surface area (Å²) in [7, 11) is 0. The number of imidazole rings is 1. The van der Waals surface area contributed by atoms with Crippen molar-refractivity contribution in [3.05, 3.63) is 34.9 Å². The topological polar surface area (TPSA) is 43.3 Å². The highest BCUT2D eigenvalue weighted by Crippen LogP contribution is 2.37. The molecule has 1 aliphatic rings. The molecular weight excluding hydrogens is 222 g/mol. The molecule has 0 unspecified atom stereocenters. The van der Waals surface area contributed by atoms with E-state index in [4.69, 9.17) is 17.3 Å². The molecule has 0 spiro atoms. The maximum atomic E-state index is 6.16. The number of aromatic nitrogens is 2. The maximum absolute atomic E-state index is 6.16. The number of fused-ring (bicyclic) bond motifs is 1. The summed E-state index contributed by atoms with van der Waals surface area (Å²) in [6.45, 7) is 0.538. The summed E-state index contributed by atoms with van der Waals surface area (Å²) in [6, 6.07) is 4.06. The van der Waals surface area contributed by atoms with Gasteiger partial charge in [0.1, 0.15) is 5.82 Å². The first-order valence-electron chi connectivity index (χ1n) is 5.66. The zero-order valence-corrected chi connectivity index (χ0v) is 9.74. The Balaban J connectivity index is 2.16. The number of hydrogen-bond donors (Lipinski definition) is 1. The summed E-state index contributed by atoms with van der Waals surface area (Å²) >= 11 is 6.16. The van der Waals surface area contributed by atoms with Crippen LogP contribution in [0.2, 0.25) is 5.15 Å². The molecule has 0 bridgehead atoms. The van der Waals surface area contributed by atoms with Gasteiger partial charge in [-0.1, -0.05) is 18.0 Å². The standard InChI is InChI=1S/C12H14ClN3/c13-11-10-6-8(7-14)4-5-16(10)12(15-11)9-2-1-3-9/h4-6,9H,1-3,7,14H2. The Morgan fingerprint density at radius 3 is 2.94 bits per heavy atom. The van der Waals surface area contributed by atoms with E-state index in [1.807, 2.05) is 18.3 Å². The van der Waals surface area contributed by atoms with E-state index in [0.29, 0.717) is 17.6 Å². The van der Waals surface area contributed by atoms with Crippen LogP contribution in [-0.2, 0) is 6.54 Å². The Labute approximate surface area is 99.2 Å². The number of rotatable bonds is 2. The molecule has 1 aliphatic carbocycles. The van der Waals surface area contributed by atoms with Gasteiger partial charge in [0.25, 0.3) is 0 Å². The third-order valence-corrected chi connectivity index (χ3v) is 3.67. The van der Waals surface area contributed by atoms with E-state index in [-0.39, 0.29) is 0 Å². The van der Waals surface area contributed by atoms with Crippen LogP contribution < -0.4 is 5.73 Å². The molecule has 2 aromatic rings. The van der Waals surface area contributed by atoms with E-state index in [2.05, 4.69) is 9.38 Å². The molecule has 0 atom stereocenters. The van der Waals surface area contributed by atoms with Gasteiger partial charge >= 0.3 is 0 Å². The Morgan fingerprint density at radius 1 is 1.50 bits per heavy atom. The Kier molecular flexibility index (Phi) is 2.37. The summed E-state index contributed by atoms with van der Waals surface area (Å²) in [6.07, 6.45) is 5.80. The zero-order valence-electron chi connectivity index (χ0n) is 8.99. The van der Waals surface area contributed by atoms with Crippen molar-refractivity contribution in [3.8, 4) is 0 Å². The number of nitrogens with zero attached hydrogens (tertiary/aromatic N) is 2. The summed E-state index contributed by atoms with van der Waals surface area (Å²) in [5.74, 6) is 1.69. The fourth-order valence-electron chi connectivity index (χ4n) is 2.20. The van der Waals surface area contributed by atoms with Gasteiger partial charge in [-0.3, -0.25) is 0 Å². The smallest absolute Gasteiger partial charge is 0.155 e. The van der Waals surface area contributed by atoms with Crippen LogP contribution in [0.1, 0.15) is 36.6 Å². The number of hydrogen-bond acceptors (Lipinski definition) is 2. The van der Waals surface area contributed by atoms with E-state index in [0.717, 1.165) is 16.9 Å². The van der Waals surface area contributed by atoms with Crippen molar-refractivity contribution < 1.29 is 0 Å². The second-order valence-corrected chi connectivity index (χ2v) is 4.74. The van der Waals surface area contributed by atoms with Gasteiger partial charge < -0.3 is 10.1 Å². The van der Waals surface area contributed by atoms with Crippen LogP contribution in [0.3, 0.4) is 0 Å². The molecule has 1 saturated carbocycles. The first-order chi connectivity index (χ1) is 7.79. The summed E-state index contributed by atoms with van der Waals surface area (Å²) in [5.41, 5.74) is 7.69. The second-order valence-electron chi connectivity index (χ2n) is 4.38. The van der Waals surface area contributed by atoms with Gasteiger partial charge in [-0.25, -0.2) is 4.98 Å². The molecule has 4 heteroatoms. The molecule has 2 N–H and O–H groups in total. The SMILES string of the molecule is NCc1ccn2c(C3CCC3)nc(Cl)c2c1. The highest BCUT2D eigenvalue weighted by molar-refractivity contribution is 6.32. The Bertz CT molecular complexity index is 528. The number of nitrogens with two attached hydrogens (primary N) is 1. The molecule has 2 aromatic heterocycles. The van der Waals surface area contributed by atoms with Gasteiger partial charge in [0, 0.05) is 18.7 Å². The van der Waals surface area contributed by atoms with Crippen molar-refractivity contribution >= 4 is 17.1 Å². The lowest BCUT2D eigenvalue weighted by Crippen LogP contribution is -2.12. The van der Waals surface area contributed by atoms with Crippen LogP contribution in [0, 0.1) is 0 Å². The zero-order chi connectivity index (χ0) is 11.1. The molecule has 3 nitrogen and oxygen atoms in total. The molecule has 0 saturated heterocycles. The highest BCUT2D eigenvalue weighted by Gasteiger charge is 2.25. The van der Waals surface area contributed by atoms with E-state index < -0.39 is 0 Å². The van der Waals surface area contributed by atoms with Crippen molar-refractivity contribution in [2.45, 2.75) is 31.7 Å².